The van der Waals surface area contributed by atoms with Crippen molar-refractivity contribution in [1.29, 1.82) is 0 Å². The Morgan fingerprint density at radius 1 is 0.245 bits per heavy atom. The molecule has 0 saturated carbocycles. The van der Waals surface area contributed by atoms with Crippen molar-refractivity contribution in [2.75, 3.05) is 4.90 Å². The van der Waals surface area contributed by atoms with Crippen LogP contribution in [-0.2, 0) is 0 Å². The van der Waals surface area contributed by atoms with Crippen molar-refractivity contribution in [3.8, 4) is 33.4 Å². The highest BCUT2D eigenvalue weighted by Crippen LogP contribution is 2.42. The first-order chi connectivity index (χ1) is 24.3. The quantitative estimate of drug-likeness (QED) is 0.167. The van der Waals surface area contributed by atoms with Gasteiger partial charge in [-0.15, -0.1) is 0 Å². The summed E-state index contributed by atoms with van der Waals surface area (Å²) >= 11 is 0. The van der Waals surface area contributed by atoms with E-state index in [1.807, 2.05) is 0 Å². The first-order valence-corrected chi connectivity index (χ1v) is 16.9. The van der Waals surface area contributed by atoms with E-state index >= 15 is 0 Å². The maximum absolute atomic E-state index is 2.37. The maximum Gasteiger partial charge on any atom is 0.0540 e. The molecule has 9 rings (SSSR count). The zero-order valence-corrected chi connectivity index (χ0v) is 27.0. The normalized spacial score (nSPS) is 11.3. The van der Waals surface area contributed by atoms with Gasteiger partial charge in [-0.05, 0) is 96.5 Å². The van der Waals surface area contributed by atoms with Crippen LogP contribution in [0.25, 0.3) is 65.7 Å². The molecule has 0 bridgehead atoms. The minimum Gasteiger partial charge on any atom is -0.310 e. The van der Waals surface area contributed by atoms with Crippen LogP contribution in [-0.4, -0.2) is 0 Å². The summed E-state index contributed by atoms with van der Waals surface area (Å²) in [6.45, 7) is 0. The minimum absolute atomic E-state index is 1.11. The Balaban J connectivity index is 1.13. The summed E-state index contributed by atoms with van der Waals surface area (Å²) in [5.74, 6) is 0. The lowest BCUT2D eigenvalue weighted by Gasteiger charge is -2.28. The molecule has 0 fully saturated rings. The maximum atomic E-state index is 2.37. The fraction of sp³-hybridized carbons (Fsp3) is 0. The van der Waals surface area contributed by atoms with E-state index in [1.54, 1.807) is 0 Å². The second-order valence-corrected chi connectivity index (χ2v) is 12.5. The van der Waals surface area contributed by atoms with Gasteiger partial charge in [0.05, 0.1) is 5.69 Å². The fourth-order valence-corrected chi connectivity index (χ4v) is 7.28. The van der Waals surface area contributed by atoms with Gasteiger partial charge >= 0.3 is 0 Å². The van der Waals surface area contributed by atoms with Crippen molar-refractivity contribution in [3.63, 3.8) is 0 Å². The molecule has 0 heterocycles. The van der Waals surface area contributed by atoms with Crippen LogP contribution < -0.4 is 4.90 Å². The molecular weight excluding hydrogens is 591 g/mol. The highest BCUT2D eigenvalue weighted by Gasteiger charge is 2.17. The molecule has 1 nitrogen and oxygen atoms in total. The summed E-state index contributed by atoms with van der Waals surface area (Å²) in [5, 5.41) is 7.76. The topological polar surface area (TPSA) is 3.24 Å². The standard InChI is InChI=1S/C48H33N/c1-3-13-34(14-4-1)35-23-25-37(26-24-35)41-17-11-12-22-48(41)49(39-15-5-2-6-16-39)40-30-27-36(28-31-40)38-29-32-46-44-20-8-7-18-42(44)43-19-9-10-21-45(43)47(46)33-38/h1-33H. The van der Waals surface area contributed by atoms with Crippen LogP contribution in [0.4, 0.5) is 17.1 Å². The lowest BCUT2D eigenvalue weighted by molar-refractivity contribution is 1.28. The Bertz CT molecular complexity index is 2530. The molecular formula is C48H33N. The average molecular weight is 624 g/mol. The van der Waals surface area contributed by atoms with E-state index in [0.717, 1.165) is 17.1 Å². The van der Waals surface area contributed by atoms with E-state index < -0.39 is 0 Å². The zero-order chi connectivity index (χ0) is 32.6. The predicted octanol–water partition coefficient (Wildman–Crippen LogP) is 13.6. The van der Waals surface area contributed by atoms with Gasteiger partial charge in [0.15, 0.2) is 0 Å². The Morgan fingerprint density at radius 2 is 0.653 bits per heavy atom. The lowest BCUT2D eigenvalue weighted by atomic mass is 9.92. The number of hydrogen-bond acceptors (Lipinski definition) is 1. The molecule has 0 amide bonds. The second kappa shape index (κ2) is 12.3. The van der Waals surface area contributed by atoms with Gasteiger partial charge in [0.2, 0.25) is 0 Å². The third-order valence-corrected chi connectivity index (χ3v) is 9.67. The van der Waals surface area contributed by atoms with Gasteiger partial charge in [0, 0.05) is 16.9 Å². The average Bonchev–Trinajstić information content (AvgIpc) is 3.19. The largest absolute Gasteiger partial charge is 0.310 e. The molecule has 9 aromatic rings. The summed E-state index contributed by atoms with van der Waals surface area (Å²) in [7, 11) is 0. The van der Waals surface area contributed by atoms with Gasteiger partial charge in [-0.1, -0.05) is 164 Å². The van der Waals surface area contributed by atoms with Crippen LogP contribution in [0.2, 0.25) is 0 Å². The van der Waals surface area contributed by atoms with E-state index in [-0.39, 0.29) is 0 Å². The molecule has 1 heteroatoms. The van der Waals surface area contributed by atoms with Gasteiger partial charge < -0.3 is 4.90 Å². The van der Waals surface area contributed by atoms with E-state index in [4.69, 9.17) is 0 Å². The van der Waals surface area contributed by atoms with Crippen molar-refractivity contribution in [1.82, 2.24) is 0 Å². The first kappa shape index (κ1) is 28.8. The van der Waals surface area contributed by atoms with E-state index in [1.165, 1.54) is 65.7 Å². The van der Waals surface area contributed by atoms with Crippen LogP contribution in [0.5, 0.6) is 0 Å². The van der Waals surface area contributed by atoms with E-state index in [2.05, 4.69) is 205 Å². The molecule has 49 heavy (non-hydrogen) atoms. The van der Waals surface area contributed by atoms with Crippen LogP contribution in [0.1, 0.15) is 0 Å². The molecule has 9 aromatic carbocycles. The summed E-state index contributed by atoms with van der Waals surface area (Å²) in [4.78, 5) is 2.37. The van der Waals surface area contributed by atoms with Crippen LogP contribution in [0.3, 0.4) is 0 Å². The SMILES string of the molecule is c1ccc(-c2ccc(-c3ccccc3N(c3ccccc3)c3ccc(-c4ccc5c6ccccc6c6ccccc6c5c4)cc3)cc2)cc1. The Kier molecular flexibility index (Phi) is 7.22. The number of anilines is 3. The number of para-hydroxylation sites is 2. The summed E-state index contributed by atoms with van der Waals surface area (Å²) < 4.78 is 0. The minimum atomic E-state index is 1.11. The Hall–Kier alpha value is -6.44. The van der Waals surface area contributed by atoms with Crippen molar-refractivity contribution in [3.05, 3.63) is 200 Å². The van der Waals surface area contributed by atoms with Crippen molar-refractivity contribution >= 4 is 49.4 Å². The van der Waals surface area contributed by atoms with Gasteiger partial charge in [0.25, 0.3) is 0 Å². The number of nitrogens with zero attached hydrogens (tertiary/aromatic N) is 1. The first-order valence-electron chi connectivity index (χ1n) is 16.9. The van der Waals surface area contributed by atoms with Gasteiger partial charge in [0.1, 0.15) is 0 Å². The lowest BCUT2D eigenvalue weighted by Crippen LogP contribution is -2.11. The van der Waals surface area contributed by atoms with Crippen LogP contribution in [0.15, 0.2) is 200 Å². The molecule has 230 valence electrons. The molecule has 0 atom stereocenters. The van der Waals surface area contributed by atoms with Gasteiger partial charge in [-0.2, -0.15) is 0 Å². The summed E-state index contributed by atoms with van der Waals surface area (Å²) in [6, 6.07) is 72.3. The molecule has 0 spiro atoms. The molecule has 0 N–H and O–H groups in total. The molecule has 0 aromatic heterocycles. The third-order valence-electron chi connectivity index (χ3n) is 9.67. The molecule has 0 radical (unpaired) electrons. The Morgan fingerprint density at radius 3 is 1.31 bits per heavy atom. The molecule has 0 aliphatic rings. The number of fused-ring (bicyclic) bond motifs is 6. The number of hydrogen-bond donors (Lipinski definition) is 0. The number of rotatable bonds is 6. The molecule has 0 unspecified atom stereocenters. The van der Waals surface area contributed by atoms with Gasteiger partial charge in [-0.25, -0.2) is 0 Å². The highest BCUT2D eigenvalue weighted by molar-refractivity contribution is 6.25. The van der Waals surface area contributed by atoms with Crippen molar-refractivity contribution in [2.24, 2.45) is 0 Å². The molecule has 0 aliphatic heterocycles. The monoisotopic (exact) mass is 623 g/mol. The smallest absolute Gasteiger partial charge is 0.0540 e. The van der Waals surface area contributed by atoms with Crippen molar-refractivity contribution in [2.45, 2.75) is 0 Å². The summed E-state index contributed by atoms with van der Waals surface area (Å²) in [5.41, 5.74) is 10.6. The van der Waals surface area contributed by atoms with Crippen molar-refractivity contribution < 1.29 is 0 Å². The molecule has 0 aliphatic carbocycles. The number of benzene rings is 9. The van der Waals surface area contributed by atoms with E-state index in [9.17, 15) is 0 Å². The highest BCUT2D eigenvalue weighted by atomic mass is 15.1. The second-order valence-electron chi connectivity index (χ2n) is 12.5. The fourth-order valence-electron chi connectivity index (χ4n) is 7.28. The van der Waals surface area contributed by atoms with Gasteiger partial charge in [-0.3, -0.25) is 0 Å². The Labute approximate surface area is 287 Å². The predicted molar refractivity (Wildman–Crippen MR) is 210 cm³/mol. The molecule has 0 saturated heterocycles. The van der Waals surface area contributed by atoms with Crippen LogP contribution >= 0.6 is 0 Å². The zero-order valence-electron chi connectivity index (χ0n) is 27.0. The third kappa shape index (κ3) is 5.23. The summed E-state index contributed by atoms with van der Waals surface area (Å²) in [6.07, 6.45) is 0. The van der Waals surface area contributed by atoms with E-state index in [0.29, 0.717) is 0 Å². The van der Waals surface area contributed by atoms with Crippen LogP contribution in [0, 0.1) is 0 Å².